The number of piperidine rings is 1. The van der Waals surface area contributed by atoms with Gasteiger partial charge < -0.3 is 30.0 Å². The summed E-state index contributed by atoms with van der Waals surface area (Å²) in [6, 6.07) is 16.7. The Bertz CT molecular complexity index is 2490. The maximum absolute atomic E-state index is 13.3. The van der Waals surface area contributed by atoms with Crippen molar-refractivity contribution in [1.82, 2.24) is 34.5 Å². The van der Waals surface area contributed by atoms with E-state index in [1.807, 2.05) is 28.8 Å². The highest BCUT2D eigenvalue weighted by Crippen LogP contribution is 2.37. The first-order valence-corrected chi connectivity index (χ1v) is 22.2. The number of nitrogen functional groups attached to an aromatic ring is 1. The zero-order valence-corrected chi connectivity index (χ0v) is 35.9. The molecular weight excluding hydrogens is 843 g/mol. The molecule has 5 aromatic rings. The number of carbonyl (C=O) groups excluding carboxylic acids is 5. The molecule has 0 bridgehead atoms. The molecule has 8 rings (SSSR count). The number of likely N-dealkylation sites (tertiary alicyclic amines) is 1. The molecule has 0 radical (unpaired) electrons. The number of nitrogens with two attached hydrogens (primary N) is 1. The van der Waals surface area contributed by atoms with Gasteiger partial charge in [0.1, 0.15) is 34.7 Å². The van der Waals surface area contributed by atoms with Gasteiger partial charge in [-0.05, 0) is 62.2 Å². The van der Waals surface area contributed by atoms with Crippen LogP contribution in [-0.2, 0) is 28.5 Å². The number of carbonyl (C=O) groups is 5. The number of pyridine rings is 1. The number of hydrogen-bond donors (Lipinski definition) is 3. The van der Waals surface area contributed by atoms with Crippen molar-refractivity contribution in [2.24, 2.45) is 0 Å². The Morgan fingerprint density at radius 1 is 0.812 bits per heavy atom. The second-order valence-electron chi connectivity index (χ2n) is 15.2. The van der Waals surface area contributed by atoms with E-state index in [4.69, 9.17) is 29.7 Å². The minimum Gasteiger partial charge on any atom is -0.382 e. The van der Waals surface area contributed by atoms with Crippen LogP contribution < -0.4 is 16.4 Å². The number of hydrogen-bond acceptors (Lipinski definition) is 15. The molecule has 2 atom stereocenters. The van der Waals surface area contributed by atoms with Gasteiger partial charge in [-0.15, -0.1) is 11.8 Å². The minimum atomic E-state index is -1.00. The molecule has 2 fully saturated rings. The fraction of sp³-hybridized carbons (Fsp3) is 0.378. The van der Waals surface area contributed by atoms with Crippen molar-refractivity contribution in [3.05, 3.63) is 102 Å². The van der Waals surface area contributed by atoms with E-state index in [0.29, 0.717) is 86.4 Å². The highest BCUT2D eigenvalue weighted by molar-refractivity contribution is 7.99. The van der Waals surface area contributed by atoms with Crippen LogP contribution in [0.4, 0.5) is 11.6 Å². The van der Waals surface area contributed by atoms with E-state index in [0.717, 1.165) is 47.7 Å². The first-order chi connectivity index (χ1) is 31.3. The summed E-state index contributed by atoms with van der Waals surface area (Å²) in [5.41, 5.74) is 9.72. The van der Waals surface area contributed by atoms with Crippen LogP contribution >= 0.6 is 11.8 Å². The molecular formula is C45H49N9O9S. The van der Waals surface area contributed by atoms with Gasteiger partial charge in [-0.3, -0.25) is 43.5 Å². The highest BCUT2D eigenvalue weighted by atomic mass is 32.2. The molecule has 334 valence electrons. The van der Waals surface area contributed by atoms with Crippen molar-refractivity contribution in [2.75, 3.05) is 82.7 Å². The van der Waals surface area contributed by atoms with Crippen LogP contribution in [0.1, 0.15) is 68.6 Å². The van der Waals surface area contributed by atoms with Gasteiger partial charge in [0.05, 0.1) is 70.0 Å². The largest absolute Gasteiger partial charge is 0.382 e. The third-order valence-corrected chi connectivity index (χ3v) is 12.2. The molecule has 19 heteroatoms. The van der Waals surface area contributed by atoms with E-state index in [9.17, 15) is 24.0 Å². The number of benzene rings is 2. The third-order valence-electron chi connectivity index (χ3n) is 11.2. The molecule has 64 heavy (non-hydrogen) atoms. The molecule has 18 nitrogen and oxygen atoms in total. The van der Waals surface area contributed by atoms with Crippen LogP contribution in [0, 0.1) is 0 Å². The van der Waals surface area contributed by atoms with Gasteiger partial charge in [-0.1, -0.05) is 24.3 Å². The summed E-state index contributed by atoms with van der Waals surface area (Å²) < 4.78 is 25.0. The van der Waals surface area contributed by atoms with Crippen molar-refractivity contribution in [3.63, 3.8) is 0 Å². The number of thioether (sulfide) groups is 1. The van der Waals surface area contributed by atoms with Crippen molar-refractivity contribution in [2.45, 2.75) is 42.7 Å². The van der Waals surface area contributed by atoms with Crippen molar-refractivity contribution in [3.8, 4) is 11.3 Å². The Kier molecular flexibility index (Phi) is 14.6. The van der Waals surface area contributed by atoms with Crippen molar-refractivity contribution >= 4 is 58.5 Å². The number of anilines is 2. The number of aromatic nitrogens is 4. The van der Waals surface area contributed by atoms with Gasteiger partial charge in [0.2, 0.25) is 11.8 Å². The summed E-state index contributed by atoms with van der Waals surface area (Å²) in [4.78, 5) is 80.8. The Hall–Kier alpha value is -6.09. The number of rotatable bonds is 21. The van der Waals surface area contributed by atoms with Gasteiger partial charge >= 0.3 is 0 Å². The van der Waals surface area contributed by atoms with Crippen LogP contribution in [0.3, 0.4) is 0 Å². The molecule has 0 spiro atoms. The number of ether oxygens (including phenoxy) is 4. The minimum absolute atomic E-state index is 0.0633. The van der Waals surface area contributed by atoms with E-state index < -0.39 is 29.7 Å². The van der Waals surface area contributed by atoms with Gasteiger partial charge in [-0.2, -0.15) is 0 Å². The molecule has 2 saturated heterocycles. The van der Waals surface area contributed by atoms with Crippen LogP contribution in [0.2, 0.25) is 0 Å². The Balaban J connectivity index is 0.705. The number of fused-ring (bicyclic) bond motifs is 2. The standard InChI is InChI=1S/C45H49N9O9S/c46-40-39-38(29-9-11-30(12-10-29)42(56)49-35-8-1-2-15-47-35)51-41(53(39)18-16-48-40)32-6-4-17-52(32)19-20-60-21-22-61-23-24-62-25-26-63-27-28-64-34-7-3-5-31-37(34)45(59)54(44(31)58)33-13-14-36(55)50-43(33)57/h1-3,5,7-12,15-16,18,32-33H,4,6,13-14,17,19-28H2,(H2,46,48)(H,47,49,56)(H,50,55,57)/t32-,33?/m0/s1. The average molecular weight is 892 g/mol. The van der Waals surface area contributed by atoms with Crippen molar-refractivity contribution in [1.29, 1.82) is 0 Å². The van der Waals surface area contributed by atoms with E-state index in [-0.39, 0.29) is 35.9 Å². The summed E-state index contributed by atoms with van der Waals surface area (Å²) in [5.74, 6) is -0.0703. The number of nitrogens with zero attached hydrogens (tertiary/aromatic N) is 6. The lowest BCUT2D eigenvalue weighted by Crippen LogP contribution is -2.54. The normalized spacial score (nSPS) is 17.7. The van der Waals surface area contributed by atoms with E-state index >= 15 is 0 Å². The van der Waals surface area contributed by atoms with Gasteiger partial charge in [-0.25, -0.2) is 15.0 Å². The van der Waals surface area contributed by atoms with Crippen LogP contribution in [-0.4, -0.2) is 136 Å². The molecule has 3 aromatic heterocycles. The lowest BCUT2D eigenvalue weighted by molar-refractivity contribution is -0.136. The number of imide groups is 2. The zero-order chi connectivity index (χ0) is 44.4. The lowest BCUT2D eigenvalue weighted by atomic mass is 10.0. The summed E-state index contributed by atoms with van der Waals surface area (Å²) in [6.45, 7) is 5.09. The number of nitrogens with one attached hydrogen (secondary N) is 2. The predicted octanol–water partition coefficient (Wildman–Crippen LogP) is 4.02. The lowest BCUT2D eigenvalue weighted by Gasteiger charge is -2.27. The van der Waals surface area contributed by atoms with Crippen LogP contribution in [0.5, 0.6) is 0 Å². The van der Waals surface area contributed by atoms with E-state index in [1.54, 1.807) is 54.9 Å². The maximum Gasteiger partial charge on any atom is 0.263 e. The van der Waals surface area contributed by atoms with E-state index in [2.05, 4.69) is 25.5 Å². The number of amides is 5. The topological polar surface area (TPSA) is 222 Å². The molecule has 2 aromatic carbocycles. The average Bonchev–Trinajstić information content (AvgIpc) is 4.00. The summed E-state index contributed by atoms with van der Waals surface area (Å²) >= 11 is 1.40. The molecule has 6 heterocycles. The van der Waals surface area contributed by atoms with E-state index in [1.165, 1.54) is 11.8 Å². The zero-order valence-electron chi connectivity index (χ0n) is 35.1. The second-order valence-corrected chi connectivity index (χ2v) is 16.4. The van der Waals surface area contributed by atoms with Crippen molar-refractivity contribution < 1.29 is 42.9 Å². The molecule has 1 unspecified atom stereocenters. The summed E-state index contributed by atoms with van der Waals surface area (Å²) in [5, 5.41) is 5.03. The maximum atomic E-state index is 13.3. The summed E-state index contributed by atoms with van der Waals surface area (Å²) in [6.07, 6.45) is 7.35. The quantitative estimate of drug-likeness (QED) is 0.0538. The fourth-order valence-corrected chi connectivity index (χ4v) is 9.01. The van der Waals surface area contributed by atoms with Gasteiger partial charge in [0.15, 0.2) is 0 Å². The molecule has 5 amide bonds. The predicted molar refractivity (Wildman–Crippen MR) is 236 cm³/mol. The van der Waals surface area contributed by atoms with Gasteiger partial charge in [0, 0.05) is 53.3 Å². The monoisotopic (exact) mass is 891 g/mol. The molecule has 0 aliphatic carbocycles. The second kappa shape index (κ2) is 21.1. The first kappa shape index (κ1) is 44.5. The SMILES string of the molecule is Nc1nccn2c([C@@H]3CCCN3CCOCCOCCOCCOCCSc3cccc4c3C(=O)N(C3CCC(=O)NC3=O)C4=O)nc(-c3ccc(C(=O)Nc4ccccn4)cc3)c12. The fourth-order valence-electron chi connectivity index (χ4n) is 8.07. The van der Waals surface area contributed by atoms with Crippen LogP contribution in [0.15, 0.2) is 84.1 Å². The molecule has 3 aliphatic heterocycles. The number of imidazole rings is 1. The first-order valence-electron chi connectivity index (χ1n) is 21.3. The highest BCUT2D eigenvalue weighted by Gasteiger charge is 2.45. The van der Waals surface area contributed by atoms with Gasteiger partial charge in [0.25, 0.3) is 17.7 Å². The molecule has 0 saturated carbocycles. The Labute approximate surface area is 373 Å². The Morgan fingerprint density at radius 2 is 1.56 bits per heavy atom. The summed E-state index contributed by atoms with van der Waals surface area (Å²) in [7, 11) is 0. The van der Waals surface area contributed by atoms with Crippen LogP contribution in [0.25, 0.3) is 16.8 Å². The Morgan fingerprint density at radius 3 is 2.30 bits per heavy atom. The molecule has 3 aliphatic rings. The third kappa shape index (κ3) is 10.1. The smallest absolute Gasteiger partial charge is 0.263 e. The molecule has 4 N–H and O–H groups in total.